The largest absolute Gasteiger partial charge is 0.459 e. The summed E-state index contributed by atoms with van der Waals surface area (Å²) in [5.74, 6) is 0.111. The molecule has 4 nitrogen and oxygen atoms in total. The summed E-state index contributed by atoms with van der Waals surface area (Å²) < 4.78 is 9.64. The first-order chi connectivity index (χ1) is 9.68. The fourth-order valence-electron chi connectivity index (χ4n) is 3.61. The van der Waals surface area contributed by atoms with Crippen molar-refractivity contribution in [3.05, 3.63) is 25.5 Å². The van der Waals surface area contributed by atoms with Gasteiger partial charge in [0.25, 0.3) is 0 Å². The second-order valence-corrected chi connectivity index (χ2v) is 6.52. The van der Waals surface area contributed by atoms with Crippen molar-refractivity contribution >= 4 is 11.9 Å². The Morgan fingerprint density at radius 2 is 1.86 bits per heavy atom. The third-order valence-electron chi connectivity index (χ3n) is 5.39. The molecule has 2 saturated carbocycles. The first-order valence-electron chi connectivity index (χ1n) is 7.30. The van der Waals surface area contributed by atoms with Gasteiger partial charge in [-0.1, -0.05) is 33.9 Å². The lowest BCUT2D eigenvalue weighted by Gasteiger charge is -2.38. The topological polar surface area (TPSA) is 52.6 Å². The molecule has 0 heterocycles. The zero-order valence-electron chi connectivity index (χ0n) is 13.5. The van der Waals surface area contributed by atoms with Gasteiger partial charge in [-0.3, -0.25) is 4.79 Å². The van der Waals surface area contributed by atoms with E-state index in [1.807, 2.05) is 0 Å². The molecular formula is C17H26O4. The van der Waals surface area contributed by atoms with Crippen LogP contribution < -0.4 is 0 Å². The Morgan fingerprint density at radius 3 is 2.14 bits per heavy atom. The fourth-order valence-corrected chi connectivity index (χ4v) is 3.61. The Balaban J connectivity index is 0.000000315. The van der Waals surface area contributed by atoms with E-state index in [-0.39, 0.29) is 23.5 Å². The molecule has 2 aliphatic carbocycles. The lowest BCUT2D eigenvalue weighted by Crippen LogP contribution is -2.38. The van der Waals surface area contributed by atoms with Crippen LogP contribution in [0.1, 0.15) is 47.0 Å². The minimum absolute atomic E-state index is 0.0942. The Morgan fingerprint density at radius 1 is 1.24 bits per heavy atom. The minimum atomic E-state index is -0.329. The SMILES string of the molecule is C=CC(=O)OC1CC2CCC1(C)C2(C)C.C=COC(C)=O. The number of fused-ring (bicyclic) bond motifs is 2. The van der Waals surface area contributed by atoms with Crippen LogP contribution in [0.4, 0.5) is 0 Å². The number of rotatable bonds is 3. The number of hydrogen-bond donors (Lipinski definition) is 0. The van der Waals surface area contributed by atoms with Crippen LogP contribution in [-0.4, -0.2) is 18.0 Å². The molecule has 0 radical (unpaired) electrons. The van der Waals surface area contributed by atoms with Gasteiger partial charge in [0.1, 0.15) is 6.10 Å². The number of hydrogen-bond acceptors (Lipinski definition) is 4. The quantitative estimate of drug-likeness (QED) is 0.453. The maximum Gasteiger partial charge on any atom is 0.330 e. The molecule has 3 unspecified atom stereocenters. The van der Waals surface area contributed by atoms with E-state index in [2.05, 4.69) is 38.7 Å². The highest BCUT2D eigenvalue weighted by Gasteiger charge is 2.62. The summed E-state index contributed by atoms with van der Waals surface area (Å²) in [5, 5.41) is 0. The summed E-state index contributed by atoms with van der Waals surface area (Å²) in [6.07, 6.45) is 5.95. The van der Waals surface area contributed by atoms with Gasteiger partial charge < -0.3 is 9.47 Å². The van der Waals surface area contributed by atoms with Gasteiger partial charge in [0, 0.05) is 18.4 Å². The van der Waals surface area contributed by atoms with Crippen molar-refractivity contribution in [3.63, 3.8) is 0 Å². The van der Waals surface area contributed by atoms with Crippen LogP contribution in [0.15, 0.2) is 25.5 Å². The second kappa shape index (κ2) is 6.46. The van der Waals surface area contributed by atoms with E-state index in [4.69, 9.17) is 4.74 Å². The van der Waals surface area contributed by atoms with Crippen molar-refractivity contribution in [1.29, 1.82) is 0 Å². The first kappa shape index (κ1) is 17.5. The maximum absolute atomic E-state index is 11.3. The van der Waals surface area contributed by atoms with Crippen molar-refractivity contribution in [2.45, 2.75) is 53.1 Å². The van der Waals surface area contributed by atoms with Crippen LogP contribution in [0, 0.1) is 16.7 Å². The average Bonchev–Trinajstić information content (AvgIpc) is 2.72. The molecule has 3 atom stereocenters. The molecule has 2 bridgehead atoms. The van der Waals surface area contributed by atoms with E-state index in [0.29, 0.717) is 11.3 Å². The van der Waals surface area contributed by atoms with Crippen LogP contribution >= 0.6 is 0 Å². The molecule has 0 aromatic heterocycles. The van der Waals surface area contributed by atoms with Gasteiger partial charge in [0.2, 0.25) is 0 Å². The highest BCUT2D eigenvalue weighted by molar-refractivity contribution is 5.81. The lowest BCUT2D eigenvalue weighted by atomic mass is 9.70. The van der Waals surface area contributed by atoms with E-state index in [1.165, 1.54) is 25.8 Å². The van der Waals surface area contributed by atoms with Gasteiger partial charge in [-0.15, -0.1) is 0 Å². The van der Waals surface area contributed by atoms with Crippen LogP contribution in [0.3, 0.4) is 0 Å². The van der Waals surface area contributed by atoms with Crippen LogP contribution in [-0.2, 0) is 19.1 Å². The first-order valence-corrected chi connectivity index (χ1v) is 7.30. The van der Waals surface area contributed by atoms with Gasteiger partial charge in [-0.05, 0) is 30.6 Å². The van der Waals surface area contributed by atoms with Gasteiger partial charge >= 0.3 is 11.9 Å². The van der Waals surface area contributed by atoms with E-state index < -0.39 is 0 Å². The van der Waals surface area contributed by atoms with E-state index in [0.717, 1.165) is 12.7 Å². The van der Waals surface area contributed by atoms with Crippen LogP contribution in [0.2, 0.25) is 0 Å². The summed E-state index contributed by atoms with van der Waals surface area (Å²) in [6, 6.07) is 0. The lowest BCUT2D eigenvalue weighted by molar-refractivity contribution is -0.150. The van der Waals surface area contributed by atoms with E-state index >= 15 is 0 Å². The molecule has 2 fully saturated rings. The summed E-state index contributed by atoms with van der Waals surface area (Å²) in [7, 11) is 0. The van der Waals surface area contributed by atoms with Crippen molar-refractivity contribution in [1.82, 2.24) is 0 Å². The minimum Gasteiger partial charge on any atom is -0.459 e. The van der Waals surface area contributed by atoms with Gasteiger partial charge in [0.15, 0.2) is 0 Å². The van der Waals surface area contributed by atoms with Gasteiger partial charge in [0.05, 0.1) is 6.26 Å². The molecule has 21 heavy (non-hydrogen) atoms. The van der Waals surface area contributed by atoms with Crippen molar-refractivity contribution in [2.24, 2.45) is 16.7 Å². The molecule has 0 amide bonds. The molecule has 0 aliphatic heterocycles. The fraction of sp³-hybridized carbons (Fsp3) is 0.647. The van der Waals surface area contributed by atoms with E-state index in [1.54, 1.807) is 0 Å². The van der Waals surface area contributed by atoms with Crippen molar-refractivity contribution in [3.8, 4) is 0 Å². The highest BCUT2D eigenvalue weighted by atomic mass is 16.5. The normalized spacial score (nSPS) is 31.6. The number of carbonyl (C=O) groups excluding carboxylic acids is 2. The second-order valence-electron chi connectivity index (χ2n) is 6.52. The maximum atomic E-state index is 11.3. The zero-order valence-corrected chi connectivity index (χ0v) is 13.5. The zero-order chi connectivity index (χ0) is 16.3. The molecule has 0 spiro atoms. The molecule has 4 heteroatoms. The predicted molar refractivity (Wildman–Crippen MR) is 81.3 cm³/mol. The molecular weight excluding hydrogens is 268 g/mol. The third kappa shape index (κ3) is 3.36. The molecule has 0 aromatic rings. The van der Waals surface area contributed by atoms with Gasteiger partial charge in [-0.25, -0.2) is 4.79 Å². The Bertz CT molecular complexity index is 438. The molecule has 0 aromatic carbocycles. The number of carbonyl (C=O) groups is 2. The summed E-state index contributed by atoms with van der Waals surface area (Å²) in [6.45, 7) is 14.8. The molecule has 0 saturated heterocycles. The molecule has 118 valence electrons. The summed E-state index contributed by atoms with van der Waals surface area (Å²) in [5.41, 5.74) is 0.468. The van der Waals surface area contributed by atoms with Crippen LogP contribution in [0.25, 0.3) is 0 Å². The van der Waals surface area contributed by atoms with Crippen LogP contribution in [0.5, 0.6) is 0 Å². The van der Waals surface area contributed by atoms with Gasteiger partial charge in [-0.2, -0.15) is 0 Å². The monoisotopic (exact) mass is 294 g/mol. The molecule has 0 N–H and O–H groups in total. The Kier molecular flexibility index (Phi) is 5.37. The molecule has 2 aliphatic rings. The predicted octanol–water partition coefficient (Wildman–Crippen LogP) is 3.62. The average molecular weight is 294 g/mol. The Labute approximate surface area is 127 Å². The smallest absolute Gasteiger partial charge is 0.330 e. The molecule has 2 rings (SSSR count). The van der Waals surface area contributed by atoms with Crippen molar-refractivity contribution < 1.29 is 19.1 Å². The standard InChI is InChI=1S/C13H20O2.C4H6O2/c1-5-11(14)15-10-8-9-6-7-13(10,4)12(9,2)3;1-3-6-4(2)5/h5,9-10H,1,6-8H2,2-4H3;3H,1H2,2H3. The number of esters is 2. The van der Waals surface area contributed by atoms with Crippen molar-refractivity contribution in [2.75, 3.05) is 0 Å². The summed E-state index contributed by atoms with van der Waals surface area (Å²) in [4.78, 5) is 21.0. The summed E-state index contributed by atoms with van der Waals surface area (Å²) >= 11 is 0. The van der Waals surface area contributed by atoms with E-state index in [9.17, 15) is 9.59 Å². The highest BCUT2D eigenvalue weighted by Crippen LogP contribution is 2.66. The number of ether oxygens (including phenoxy) is 2. The third-order valence-corrected chi connectivity index (χ3v) is 5.39. The Hall–Kier alpha value is -1.58.